The van der Waals surface area contributed by atoms with Gasteiger partial charge in [-0.25, -0.2) is 0 Å². The summed E-state index contributed by atoms with van der Waals surface area (Å²) in [6, 6.07) is 1.69. The van der Waals surface area contributed by atoms with Crippen molar-refractivity contribution in [3.63, 3.8) is 0 Å². The van der Waals surface area contributed by atoms with E-state index in [4.69, 9.17) is 9.47 Å². The van der Waals surface area contributed by atoms with Crippen molar-refractivity contribution in [2.75, 3.05) is 6.61 Å². The molecule has 0 N–H and O–H groups in total. The van der Waals surface area contributed by atoms with Gasteiger partial charge in [-0.15, -0.1) is 11.3 Å². The van der Waals surface area contributed by atoms with Crippen molar-refractivity contribution in [2.24, 2.45) is 0 Å². The van der Waals surface area contributed by atoms with Gasteiger partial charge in [0, 0.05) is 0 Å². The quantitative estimate of drug-likeness (QED) is 0.626. The Bertz CT molecular complexity index is 328. The average Bonchev–Trinajstić information content (AvgIpc) is 2.49. The van der Waals surface area contributed by atoms with Crippen molar-refractivity contribution in [3.8, 4) is 10.8 Å². The van der Waals surface area contributed by atoms with Gasteiger partial charge >= 0.3 is 6.08 Å². The van der Waals surface area contributed by atoms with Gasteiger partial charge in [0.1, 0.15) is 0 Å². The molecule has 0 saturated heterocycles. The first-order valence-electron chi connectivity index (χ1n) is 3.19. The van der Waals surface area contributed by atoms with Crippen molar-refractivity contribution < 1.29 is 18.3 Å². The minimum Gasteiger partial charge on any atom is -0.481 e. The molecule has 1 aliphatic rings. The lowest BCUT2D eigenvalue weighted by atomic mass is 10.5. The molecular formula is C7H4F2O2S. The summed E-state index contributed by atoms with van der Waals surface area (Å²) in [4.78, 5) is 0. The second-order valence-corrected chi connectivity index (χ2v) is 3.03. The average molecular weight is 190 g/mol. The molecule has 0 aliphatic carbocycles. The number of hydrogen-bond acceptors (Lipinski definition) is 3. The van der Waals surface area contributed by atoms with E-state index < -0.39 is 11.8 Å². The molecule has 2 rings (SSSR count). The smallest absolute Gasteiger partial charge is 0.311 e. The topological polar surface area (TPSA) is 18.5 Å². The lowest BCUT2D eigenvalue weighted by molar-refractivity contribution is 0.212. The molecule has 0 aromatic carbocycles. The van der Waals surface area contributed by atoms with Gasteiger partial charge in [-0.3, -0.25) is 0 Å². The van der Waals surface area contributed by atoms with Crippen molar-refractivity contribution in [3.05, 3.63) is 23.3 Å². The van der Waals surface area contributed by atoms with Gasteiger partial charge < -0.3 is 9.47 Å². The highest BCUT2D eigenvalue weighted by Crippen LogP contribution is 2.38. The van der Waals surface area contributed by atoms with Gasteiger partial charge in [0.15, 0.2) is 12.4 Å². The van der Waals surface area contributed by atoms with Crippen LogP contribution < -0.4 is 9.47 Å². The summed E-state index contributed by atoms with van der Waals surface area (Å²) in [5.41, 5.74) is 0. The Labute approximate surface area is 71.0 Å². The fourth-order valence-corrected chi connectivity index (χ4v) is 1.55. The zero-order chi connectivity index (χ0) is 8.55. The minimum atomic E-state index is -1.82. The third-order valence-electron chi connectivity index (χ3n) is 1.38. The van der Waals surface area contributed by atoms with E-state index in [-0.39, 0.29) is 6.61 Å². The van der Waals surface area contributed by atoms with Crippen LogP contribution in [0.1, 0.15) is 0 Å². The van der Waals surface area contributed by atoms with Crippen LogP contribution in [0.4, 0.5) is 8.78 Å². The number of hydrogen-bond donors (Lipinski definition) is 0. The molecule has 2 heterocycles. The summed E-state index contributed by atoms with van der Waals surface area (Å²) < 4.78 is 33.8. The van der Waals surface area contributed by atoms with E-state index in [0.717, 1.165) is 0 Å². The molecule has 2 nitrogen and oxygen atoms in total. The first-order valence-corrected chi connectivity index (χ1v) is 4.07. The molecule has 1 aromatic heterocycles. The molecule has 0 radical (unpaired) electrons. The van der Waals surface area contributed by atoms with Crippen molar-refractivity contribution in [1.82, 2.24) is 0 Å². The van der Waals surface area contributed by atoms with Crippen LogP contribution in [-0.2, 0) is 0 Å². The molecule has 12 heavy (non-hydrogen) atoms. The summed E-state index contributed by atoms with van der Waals surface area (Å²) in [6.45, 7) is -0.188. The molecule has 0 fully saturated rings. The zero-order valence-corrected chi connectivity index (χ0v) is 6.66. The Balaban J connectivity index is 2.32. The summed E-state index contributed by atoms with van der Waals surface area (Å²) in [5.74, 6) is 0.134. The lowest BCUT2D eigenvalue weighted by Crippen LogP contribution is -2.12. The summed E-state index contributed by atoms with van der Waals surface area (Å²) in [7, 11) is 0. The third-order valence-corrected chi connectivity index (χ3v) is 2.15. The van der Waals surface area contributed by atoms with Gasteiger partial charge in [-0.1, -0.05) is 0 Å². The molecule has 0 unspecified atom stereocenters. The van der Waals surface area contributed by atoms with Crippen molar-refractivity contribution >= 4 is 11.3 Å². The van der Waals surface area contributed by atoms with Gasteiger partial charge in [0.2, 0.25) is 10.8 Å². The van der Waals surface area contributed by atoms with Gasteiger partial charge in [0.25, 0.3) is 0 Å². The Morgan fingerprint density at radius 2 is 2.33 bits per heavy atom. The molecule has 0 amide bonds. The molecule has 1 aromatic rings. The largest absolute Gasteiger partial charge is 0.481 e. The number of fused-ring (bicyclic) bond motifs is 1. The zero-order valence-electron chi connectivity index (χ0n) is 5.84. The molecule has 5 heteroatoms. The molecule has 0 bridgehead atoms. The highest BCUT2D eigenvalue weighted by Gasteiger charge is 2.20. The highest BCUT2D eigenvalue weighted by molar-refractivity contribution is 7.12. The van der Waals surface area contributed by atoms with E-state index in [0.29, 0.717) is 10.8 Å². The predicted molar refractivity (Wildman–Crippen MR) is 39.7 cm³/mol. The maximum atomic E-state index is 12.0. The van der Waals surface area contributed by atoms with Gasteiger partial charge in [-0.05, 0) is 11.4 Å². The fourth-order valence-electron chi connectivity index (χ4n) is 0.843. The van der Waals surface area contributed by atoms with Crippen LogP contribution in [0.15, 0.2) is 23.3 Å². The van der Waals surface area contributed by atoms with Crippen molar-refractivity contribution in [1.29, 1.82) is 0 Å². The van der Waals surface area contributed by atoms with Crippen LogP contribution in [-0.4, -0.2) is 6.61 Å². The van der Waals surface area contributed by atoms with E-state index in [1.54, 1.807) is 11.4 Å². The minimum absolute atomic E-state index is 0.188. The molecule has 1 aliphatic heterocycles. The second kappa shape index (κ2) is 2.75. The third kappa shape index (κ3) is 1.16. The number of halogens is 2. The Hall–Kier alpha value is -1.10. The monoisotopic (exact) mass is 190 g/mol. The Morgan fingerprint density at radius 1 is 1.50 bits per heavy atom. The number of thiophene rings is 1. The number of rotatable bonds is 0. The highest BCUT2D eigenvalue weighted by atomic mass is 32.1. The van der Waals surface area contributed by atoms with E-state index in [1.165, 1.54) is 11.3 Å². The van der Waals surface area contributed by atoms with Gasteiger partial charge in [0.05, 0.1) is 0 Å². The second-order valence-electron chi connectivity index (χ2n) is 2.15. The van der Waals surface area contributed by atoms with E-state index in [9.17, 15) is 8.78 Å². The standard InChI is InChI=1S/C7H4F2O2S/c8-6(9)5-3-10-4-1-2-12-7(4)11-5/h1-2H,3H2. The first kappa shape index (κ1) is 7.54. The van der Waals surface area contributed by atoms with Crippen LogP contribution in [0.2, 0.25) is 0 Å². The van der Waals surface area contributed by atoms with Crippen LogP contribution >= 0.6 is 11.3 Å². The van der Waals surface area contributed by atoms with E-state index in [2.05, 4.69) is 0 Å². The summed E-state index contributed by atoms with van der Waals surface area (Å²) in [6.07, 6.45) is -1.82. The molecular weight excluding hydrogens is 186 g/mol. The van der Waals surface area contributed by atoms with E-state index in [1.807, 2.05) is 0 Å². The predicted octanol–water partition coefficient (Wildman–Crippen LogP) is 2.63. The summed E-state index contributed by atoms with van der Waals surface area (Å²) in [5, 5.41) is 2.12. The molecule has 0 saturated carbocycles. The number of ether oxygens (including phenoxy) is 2. The first-order chi connectivity index (χ1) is 5.77. The molecule has 0 atom stereocenters. The molecule has 0 spiro atoms. The molecule has 64 valence electrons. The maximum Gasteiger partial charge on any atom is 0.311 e. The lowest BCUT2D eigenvalue weighted by Gasteiger charge is -2.15. The van der Waals surface area contributed by atoms with Crippen LogP contribution in [0, 0.1) is 0 Å². The van der Waals surface area contributed by atoms with Gasteiger partial charge in [-0.2, -0.15) is 8.78 Å². The fraction of sp³-hybridized carbons (Fsp3) is 0.143. The van der Waals surface area contributed by atoms with E-state index >= 15 is 0 Å². The maximum absolute atomic E-state index is 12.0. The van der Waals surface area contributed by atoms with Crippen LogP contribution in [0.25, 0.3) is 0 Å². The Morgan fingerprint density at radius 3 is 3.08 bits per heavy atom. The van der Waals surface area contributed by atoms with Crippen molar-refractivity contribution in [2.45, 2.75) is 0 Å². The van der Waals surface area contributed by atoms with Crippen LogP contribution in [0.5, 0.6) is 10.8 Å². The van der Waals surface area contributed by atoms with Crippen LogP contribution in [0.3, 0.4) is 0 Å². The Kier molecular flexibility index (Phi) is 1.73. The summed E-state index contributed by atoms with van der Waals surface area (Å²) >= 11 is 1.23. The SMILES string of the molecule is FC(F)=C1COc2ccsc2O1. The normalized spacial score (nSPS) is 14.7.